The summed E-state index contributed by atoms with van der Waals surface area (Å²) in [6, 6.07) is 5.00. The average Bonchev–Trinajstić information content (AvgIpc) is 2.77. The highest BCUT2D eigenvalue weighted by Gasteiger charge is 2.12. The van der Waals surface area contributed by atoms with Crippen LogP contribution in [0, 0.1) is 0 Å². The number of halogens is 1. The largest absolute Gasteiger partial charge is 0.313 e. The summed E-state index contributed by atoms with van der Waals surface area (Å²) < 4.78 is 1.24. The van der Waals surface area contributed by atoms with E-state index in [0.717, 1.165) is 18.2 Å². The summed E-state index contributed by atoms with van der Waals surface area (Å²) in [5.74, 6) is 1.21. The molecular formula is C14H24BrNS2. The number of thiophene rings is 1. The van der Waals surface area contributed by atoms with Gasteiger partial charge in [-0.2, -0.15) is 11.8 Å². The predicted molar refractivity (Wildman–Crippen MR) is 90.0 cm³/mol. The third-order valence-corrected chi connectivity index (χ3v) is 6.06. The zero-order valence-corrected chi connectivity index (χ0v) is 14.8. The van der Waals surface area contributed by atoms with Gasteiger partial charge in [0.2, 0.25) is 0 Å². The Morgan fingerprint density at radius 1 is 1.39 bits per heavy atom. The van der Waals surface area contributed by atoms with Gasteiger partial charge in [-0.3, -0.25) is 0 Å². The highest BCUT2D eigenvalue weighted by atomic mass is 79.9. The van der Waals surface area contributed by atoms with E-state index in [0.29, 0.717) is 6.04 Å². The van der Waals surface area contributed by atoms with Gasteiger partial charge < -0.3 is 5.32 Å². The maximum atomic E-state index is 3.68. The van der Waals surface area contributed by atoms with Gasteiger partial charge in [0.25, 0.3) is 0 Å². The van der Waals surface area contributed by atoms with E-state index in [1.54, 1.807) is 0 Å². The van der Waals surface area contributed by atoms with Crippen molar-refractivity contribution in [1.29, 1.82) is 0 Å². The first-order valence-electron chi connectivity index (χ1n) is 6.74. The van der Waals surface area contributed by atoms with Crippen molar-refractivity contribution >= 4 is 39.0 Å². The maximum Gasteiger partial charge on any atom is 0.0701 e. The molecular weight excluding hydrogens is 326 g/mol. The smallest absolute Gasteiger partial charge is 0.0701 e. The molecule has 0 aliphatic rings. The molecule has 1 heterocycles. The molecule has 0 aromatic carbocycles. The lowest BCUT2D eigenvalue weighted by Crippen LogP contribution is -2.34. The Balaban J connectivity index is 2.44. The first kappa shape index (κ1) is 16.5. The standard InChI is InChI=1S/C14H24BrNS2/c1-4-8-16-12(10-17-11(3)5-2)9-13-6-7-14(15)18-13/h6-7,11-12,16H,4-5,8-10H2,1-3H3. The van der Waals surface area contributed by atoms with Crippen molar-refractivity contribution in [2.24, 2.45) is 0 Å². The molecule has 1 aromatic rings. The van der Waals surface area contributed by atoms with Crippen LogP contribution < -0.4 is 5.32 Å². The average molecular weight is 350 g/mol. The molecule has 0 aliphatic carbocycles. The summed E-state index contributed by atoms with van der Waals surface area (Å²) >= 11 is 7.49. The van der Waals surface area contributed by atoms with E-state index in [4.69, 9.17) is 0 Å². The van der Waals surface area contributed by atoms with E-state index < -0.39 is 0 Å². The van der Waals surface area contributed by atoms with E-state index in [1.807, 2.05) is 11.3 Å². The van der Waals surface area contributed by atoms with Gasteiger partial charge in [-0.15, -0.1) is 11.3 Å². The van der Waals surface area contributed by atoms with Crippen molar-refractivity contribution in [2.45, 2.75) is 51.3 Å². The summed E-state index contributed by atoms with van der Waals surface area (Å²) in [6.07, 6.45) is 3.62. The number of hydrogen-bond acceptors (Lipinski definition) is 3. The number of thioether (sulfide) groups is 1. The summed E-state index contributed by atoms with van der Waals surface area (Å²) in [6.45, 7) is 7.94. The molecule has 1 N–H and O–H groups in total. The molecule has 0 bridgehead atoms. The Morgan fingerprint density at radius 3 is 2.72 bits per heavy atom. The minimum atomic E-state index is 0.606. The fraction of sp³-hybridized carbons (Fsp3) is 0.714. The SMILES string of the molecule is CCCNC(CSC(C)CC)Cc1ccc(Br)s1. The topological polar surface area (TPSA) is 12.0 Å². The van der Waals surface area contributed by atoms with E-state index in [2.05, 4.69) is 65.9 Å². The molecule has 0 aliphatic heterocycles. The van der Waals surface area contributed by atoms with Crippen LogP contribution in [0.25, 0.3) is 0 Å². The summed E-state index contributed by atoms with van der Waals surface area (Å²) in [7, 11) is 0. The Bertz CT molecular complexity index is 327. The molecule has 0 amide bonds. The van der Waals surface area contributed by atoms with Gasteiger partial charge in [-0.1, -0.05) is 20.8 Å². The van der Waals surface area contributed by atoms with E-state index >= 15 is 0 Å². The van der Waals surface area contributed by atoms with Crippen LogP contribution in [0.3, 0.4) is 0 Å². The molecule has 2 atom stereocenters. The zero-order chi connectivity index (χ0) is 13.4. The lowest BCUT2D eigenvalue weighted by atomic mass is 10.2. The number of nitrogens with one attached hydrogen (secondary N) is 1. The van der Waals surface area contributed by atoms with Crippen LogP contribution in [0.2, 0.25) is 0 Å². The van der Waals surface area contributed by atoms with Gasteiger partial charge in [0.15, 0.2) is 0 Å². The van der Waals surface area contributed by atoms with Crippen LogP contribution >= 0.6 is 39.0 Å². The zero-order valence-electron chi connectivity index (χ0n) is 11.5. The second-order valence-corrected chi connectivity index (χ2v) is 8.63. The fourth-order valence-electron chi connectivity index (χ4n) is 1.64. The molecule has 1 rings (SSSR count). The Kier molecular flexibility index (Phi) is 8.64. The summed E-state index contributed by atoms with van der Waals surface area (Å²) in [4.78, 5) is 1.47. The highest BCUT2D eigenvalue weighted by molar-refractivity contribution is 9.11. The van der Waals surface area contributed by atoms with Crippen molar-refractivity contribution in [3.05, 3.63) is 20.8 Å². The predicted octanol–water partition coefficient (Wildman–Crippen LogP) is 4.95. The third-order valence-electron chi connectivity index (χ3n) is 2.92. The van der Waals surface area contributed by atoms with E-state index in [9.17, 15) is 0 Å². The van der Waals surface area contributed by atoms with Crippen LogP contribution in [0.1, 0.15) is 38.5 Å². The van der Waals surface area contributed by atoms with Crippen molar-refractivity contribution in [2.75, 3.05) is 12.3 Å². The molecule has 1 nitrogen and oxygen atoms in total. The first-order valence-corrected chi connectivity index (χ1v) is 9.40. The molecule has 18 heavy (non-hydrogen) atoms. The monoisotopic (exact) mass is 349 g/mol. The fourth-order valence-corrected chi connectivity index (χ4v) is 4.24. The third kappa shape index (κ3) is 6.60. The van der Waals surface area contributed by atoms with Gasteiger partial charge in [0.05, 0.1) is 3.79 Å². The molecule has 0 radical (unpaired) electrons. The van der Waals surface area contributed by atoms with Crippen LogP contribution in [0.5, 0.6) is 0 Å². The normalized spacial score (nSPS) is 14.7. The van der Waals surface area contributed by atoms with Crippen molar-refractivity contribution in [1.82, 2.24) is 5.32 Å². The quantitative estimate of drug-likeness (QED) is 0.676. The second-order valence-electron chi connectivity index (χ2n) is 4.61. The minimum absolute atomic E-state index is 0.606. The molecule has 0 saturated carbocycles. The van der Waals surface area contributed by atoms with Crippen LogP contribution in [0.15, 0.2) is 15.9 Å². The Hall–Kier alpha value is 0.490. The molecule has 104 valence electrons. The van der Waals surface area contributed by atoms with Crippen LogP contribution in [0.4, 0.5) is 0 Å². The maximum absolute atomic E-state index is 3.68. The van der Waals surface area contributed by atoms with Crippen LogP contribution in [-0.2, 0) is 6.42 Å². The molecule has 4 heteroatoms. The lowest BCUT2D eigenvalue weighted by molar-refractivity contribution is 0.552. The first-order chi connectivity index (χ1) is 8.65. The Labute approximate surface area is 128 Å². The molecule has 0 spiro atoms. The van der Waals surface area contributed by atoms with E-state index in [1.165, 1.54) is 27.3 Å². The second kappa shape index (κ2) is 9.40. The van der Waals surface area contributed by atoms with Gasteiger partial charge in [-0.05, 0) is 53.9 Å². The van der Waals surface area contributed by atoms with Crippen molar-refractivity contribution < 1.29 is 0 Å². The molecule has 0 fully saturated rings. The summed E-state index contributed by atoms with van der Waals surface area (Å²) in [5, 5.41) is 4.45. The minimum Gasteiger partial charge on any atom is -0.313 e. The van der Waals surface area contributed by atoms with Gasteiger partial charge in [-0.25, -0.2) is 0 Å². The highest BCUT2D eigenvalue weighted by Crippen LogP contribution is 2.24. The van der Waals surface area contributed by atoms with Crippen molar-refractivity contribution in [3.8, 4) is 0 Å². The summed E-state index contributed by atoms with van der Waals surface area (Å²) in [5.41, 5.74) is 0. The van der Waals surface area contributed by atoms with Crippen molar-refractivity contribution in [3.63, 3.8) is 0 Å². The molecule has 0 saturated heterocycles. The molecule has 1 aromatic heterocycles. The van der Waals surface area contributed by atoms with Crippen LogP contribution in [-0.4, -0.2) is 23.6 Å². The molecule has 2 unspecified atom stereocenters. The van der Waals surface area contributed by atoms with Gasteiger partial charge in [0.1, 0.15) is 0 Å². The van der Waals surface area contributed by atoms with E-state index in [-0.39, 0.29) is 0 Å². The number of hydrogen-bond donors (Lipinski definition) is 1. The van der Waals surface area contributed by atoms with Gasteiger partial charge >= 0.3 is 0 Å². The Morgan fingerprint density at radius 2 is 2.17 bits per heavy atom. The lowest BCUT2D eigenvalue weighted by Gasteiger charge is -2.19. The number of rotatable bonds is 9. The van der Waals surface area contributed by atoms with Gasteiger partial charge in [0, 0.05) is 21.9 Å².